The van der Waals surface area contributed by atoms with Gasteiger partial charge in [0.1, 0.15) is 0 Å². The van der Waals surface area contributed by atoms with Gasteiger partial charge in [0.25, 0.3) is 5.91 Å². The highest BCUT2D eigenvalue weighted by Gasteiger charge is 2.43. The van der Waals surface area contributed by atoms with E-state index in [1.54, 1.807) is 23.0 Å². The van der Waals surface area contributed by atoms with Gasteiger partial charge < -0.3 is 15.0 Å². The van der Waals surface area contributed by atoms with E-state index >= 15 is 0 Å². The van der Waals surface area contributed by atoms with E-state index in [0.29, 0.717) is 31.8 Å². The number of carbonyl (C=O) groups is 2. The van der Waals surface area contributed by atoms with Crippen molar-refractivity contribution in [3.05, 3.63) is 59.8 Å². The quantitative estimate of drug-likeness (QED) is 0.809. The predicted octanol–water partition coefficient (Wildman–Crippen LogP) is 1.68. The minimum Gasteiger partial charge on any atom is -0.383 e. The molecule has 1 atom stereocenters. The lowest BCUT2D eigenvalue weighted by Crippen LogP contribution is -2.47. The maximum atomic E-state index is 12.9. The Balaban J connectivity index is 1.99. The summed E-state index contributed by atoms with van der Waals surface area (Å²) in [6.45, 7) is 5.46. The number of ether oxygens (including phenoxy) is 1. The summed E-state index contributed by atoms with van der Waals surface area (Å²) in [7, 11) is 1.61. The summed E-state index contributed by atoms with van der Waals surface area (Å²) < 4.78 is 5.09. The van der Waals surface area contributed by atoms with Crippen LogP contribution >= 0.6 is 0 Å². The van der Waals surface area contributed by atoms with E-state index < -0.39 is 6.04 Å². The normalized spacial score (nSPS) is 20.3. The number of methoxy groups -OCH3 is 1. The van der Waals surface area contributed by atoms with Gasteiger partial charge in [-0.05, 0) is 5.56 Å². The van der Waals surface area contributed by atoms with Crippen molar-refractivity contribution in [2.75, 3.05) is 33.4 Å². The highest BCUT2D eigenvalue weighted by atomic mass is 16.5. The summed E-state index contributed by atoms with van der Waals surface area (Å²) in [5, 5.41) is 2.95. The average Bonchev–Trinajstić information content (AvgIpc) is 2.93. The Morgan fingerprint density at radius 1 is 1.33 bits per heavy atom. The van der Waals surface area contributed by atoms with Crippen molar-refractivity contribution in [1.29, 1.82) is 0 Å². The van der Waals surface area contributed by atoms with Crippen LogP contribution < -0.4 is 5.32 Å². The molecule has 126 valence electrons. The van der Waals surface area contributed by atoms with E-state index in [0.717, 1.165) is 11.3 Å². The lowest BCUT2D eigenvalue weighted by Gasteiger charge is -2.33. The summed E-state index contributed by atoms with van der Waals surface area (Å²) in [4.78, 5) is 28.7. The maximum absolute atomic E-state index is 12.9. The molecule has 3 amide bonds. The van der Waals surface area contributed by atoms with Crippen LogP contribution in [0.15, 0.2) is 54.3 Å². The summed E-state index contributed by atoms with van der Waals surface area (Å²) in [6, 6.07) is 8.93. The first kappa shape index (κ1) is 16.3. The molecule has 0 saturated carbocycles. The van der Waals surface area contributed by atoms with Gasteiger partial charge in [-0.2, -0.15) is 0 Å². The zero-order valence-electron chi connectivity index (χ0n) is 13.7. The molecule has 2 aliphatic rings. The van der Waals surface area contributed by atoms with Gasteiger partial charge in [0.05, 0.1) is 30.5 Å². The van der Waals surface area contributed by atoms with Gasteiger partial charge in [0.2, 0.25) is 0 Å². The third kappa shape index (κ3) is 2.80. The first-order valence-electron chi connectivity index (χ1n) is 7.92. The fourth-order valence-corrected chi connectivity index (χ4v) is 3.15. The Kier molecular flexibility index (Phi) is 4.66. The Morgan fingerprint density at radius 3 is 2.75 bits per heavy atom. The molecule has 0 spiro atoms. The van der Waals surface area contributed by atoms with Crippen LogP contribution in [0.5, 0.6) is 0 Å². The van der Waals surface area contributed by atoms with Crippen LogP contribution in [0.1, 0.15) is 11.6 Å². The molecular formula is C18H21N3O3. The zero-order chi connectivity index (χ0) is 17.1. The molecular weight excluding hydrogens is 306 g/mol. The average molecular weight is 327 g/mol. The van der Waals surface area contributed by atoms with E-state index in [1.807, 2.05) is 30.3 Å². The van der Waals surface area contributed by atoms with E-state index in [4.69, 9.17) is 4.74 Å². The monoisotopic (exact) mass is 327 g/mol. The molecule has 2 aliphatic heterocycles. The largest absolute Gasteiger partial charge is 0.383 e. The van der Waals surface area contributed by atoms with E-state index in [-0.39, 0.29) is 11.9 Å². The molecule has 1 N–H and O–H groups in total. The number of nitrogens with one attached hydrogen (secondary N) is 1. The van der Waals surface area contributed by atoms with E-state index in [2.05, 4.69) is 11.9 Å². The molecule has 6 nitrogen and oxygen atoms in total. The fourth-order valence-electron chi connectivity index (χ4n) is 3.15. The van der Waals surface area contributed by atoms with Crippen LogP contribution in [0.25, 0.3) is 0 Å². The number of hydrogen-bond acceptors (Lipinski definition) is 3. The van der Waals surface area contributed by atoms with Gasteiger partial charge in [-0.1, -0.05) is 36.4 Å². The standard InChI is InChI=1S/C18H21N3O3/c1-3-9-21-14-12-20(10-11-24-2)17(22)15(14)16(19-18(21)23)13-7-5-4-6-8-13/h3-8,16H,1,9-12H2,2H3,(H,19,23). The molecule has 3 rings (SSSR count). The predicted molar refractivity (Wildman–Crippen MR) is 90.1 cm³/mol. The van der Waals surface area contributed by atoms with E-state index in [9.17, 15) is 9.59 Å². The van der Waals surface area contributed by atoms with Gasteiger partial charge in [-0.25, -0.2) is 4.79 Å². The molecule has 6 heteroatoms. The number of carbonyl (C=O) groups excluding carboxylic acids is 2. The number of urea groups is 1. The smallest absolute Gasteiger partial charge is 0.322 e. The van der Waals surface area contributed by atoms with Crippen molar-refractivity contribution in [3.63, 3.8) is 0 Å². The number of nitrogens with zero attached hydrogens (tertiary/aromatic N) is 2. The van der Waals surface area contributed by atoms with Gasteiger partial charge in [0.15, 0.2) is 0 Å². The van der Waals surface area contributed by atoms with Crippen molar-refractivity contribution in [2.45, 2.75) is 6.04 Å². The van der Waals surface area contributed by atoms with Crippen molar-refractivity contribution in [2.24, 2.45) is 0 Å². The number of benzene rings is 1. The summed E-state index contributed by atoms with van der Waals surface area (Å²) in [6.07, 6.45) is 1.66. The number of rotatable bonds is 6. The second-order valence-electron chi connectivity index (χ2n) is 5.77. The molecule has 0 bridgehead atoms. The molecule has 1 aromatic carbocycles. The van der Waals surface area contributed by atoms with Crippen molar-refractivity contribution in [1.82, 2.24) is 15.1 Å². The van der Waals surface area contributed by atoms with Gasteiger partial charge in [-0.3, -0.25) is 9.69 Å². The number of hydrogen-bond donors (Lipinski definition) is 1. The molecule has 0 aliphatic carbocycles. The topological polar surface area (TPSA) is 61.9 Å². The molecule has 2 heterocycles. The summed E-state index contributed by atoms with van der Waals surface area (Å²) >= 11 is 0. The minimum absolute atomic E-state index is 0.0510. The second kappa shape index (κ2) is 6.88. The lowest BCUT2D eigenvalue weighted by molar-refractivity contribution is -0.126. The van der Waals surface area contributed by atoms with Crippen LogP contribution in [-0.2, 0) is 9.53 Å². The number of amides is 3. The molecule has 1 aromatic rings. The Labute approximate surface area is 141 Å². The van der Waals surface area contributed by atoms with Crippen LogP contribution in [0.4, 0.5) is 4.79 Å². The Bertz CT molecular complexity index is 684. The van der Waals surface area contributed by atoms with Gasteiger partial charge in [-0.15, -0.1) is 6.58 Å². The maximum Gasteiger partial charge on any atom is 0.322 e. The SMILES string of the molecule is C=CCN1C(=O)NC(c2ccccc2)C2=C1CN(CCOC)C2=O. The zero-order valence-corrected chi connectivity index (χ0v) is 13.7. The first-order valence-corrected chi connectivity index (χ1v) is 7.92. The molecule has 0 radical (unpaired) electrons. The molecule has 0 aromatic heterocycles. The van der Waals surface area contributed by atoms with Gasteiger partial charge >= 0.3 is 6.03 Å². The Hall–Kier alpha value is -2.60. The molecule has 24 heavy (non-hydrogen) atoms. The fraction of sp³-hybridized carbons (Fsp3) is 0.333. The van der Waals surface area contributed by atoms with E-state index in [1.165, 1.54) is 0 Å². The molecule has 0 fully saturated rings. The third-order valence-corrected chi connectivity index (χ3v) is 4.31. The molecule has 0 saturated heterocycles. The summed E-state index contributed by atoms with van der Waals surface area (Å²) in [5.74, 6) is -0.0510. The Morgan fingerprint density at radius 2 is 2.08 bits per heavy atom. The lowest BCUT2D eigenvalue weighted by atomic mass is 9.95. The second-order valence-corrected chi connectivity index (χ2v) is 5.77. The highest BCUT2D eigenvalue weighted by Crippen LogP contribution is 2.35. The summed E-state index contributed by atoms with van der Waals surface area (Å²) in [5.41, 5.74) is 2.30. The first-order chi connectivity index (χ1) is 11.7. The van der Waals surface area contributed by atoms with Crippen LogP contribution in [0, 0.1) is 0 Å². The third-order valence-electron chi connectivity index (χ3n) is 4.31. The van der Waals surface area contributed by atoms with Crippen molar-refractivity contribution in [3.8, 4) is 0 Å². The minimum atomic E-state index is -0.421. The van der Waals surface area contributed by atoms with Crippen LogP contribution in [0.2, 0.25) is 0 Å². The molecule has 1 unspecified atom stereocenters. The van der Waals surface area contributed by atoms with Crippen LogP contribution in [-0.4, -0.2) is 55.1 Å². The van der Waals surface area contributed by atoms with Gasteiger partial charge in [0, 0.05) is 20.2 Å². The van der Waals surface area contributed by atoms with Crippen LogP contribution in [0.3, 0.4) is 0 Å². The van der Waals surface area contributed by atoms with Crippen molar-refractivity contribution < 1.29 is 14.3 Å². The highest BCUT2D eigenvalue weighted by molar-refractivity contribution is 6.01. The van der Waals surface area contributed by atoms with Crippen molar-refractivity contribution >= 4 is 11.9 Å².